The van der Waals surface area contributed by atoms with E-state index < -0.39 is 37.2 Å². The number of nitrogens with one attached hydrogen (secondary N) is 1. The van der Waals surface area contributed by atoms with Crippen LogP contribution in [0.3, 0.4) is 0 Å². The summed E-state index contributed by atoms with van der Waals surface area (Å²) >= 11 is 0. The van der Waals surface area contributed by atoms with Gasteiger partial charge in [0, 0.05) is 104 Å². The van der Waals surface area contributed by atoms with E-state index in [1.165, 1.54) is 0 Å². The van der Waals surface area contributed by atoms with Crippen molar-refractivity contribution >= 4 is 54.9 Å². The molecule has 0 bridgehead atoms. The molecule has 1 aliphatic carbocycles. The van der Waals surface area contributed by atoms with Gasteiger partial charge in [-0.2, -0.15) is 21.4 Å². The first-order chi connectivity index (χ1) is 51.6. The van der Waals surface area contributed by atoms with Crippen molar-refractivity contribution in [2.24, 2.45) is 0 Å². The predicted molar refractivity (Wildman–Crippen MR) is 416 cm³/mol. The number of allylic oxidation sites excluding steroid dienone is 5. The van der Waals surface area contributed by atoms with E-state index in [2.05, 4.69) is 105 Å². The summed E-state index contributed by atoms with van der Waals surface area (Å²) in [5.41, 5.74) is 11.3. The van der Waals surface area contributed by atoms with Crippen molar-refractivity contribution in [2.75, 3.05) is 88.2 Å². The first-order valence-corrected chi connectivity index (χ1v) is 39.4. The Hall–Kier alpha value is -9.92. The molecule has 3 aliphatic rings. The number of fused-ring (bicyclic) bond motifs is 2. The molecule has 107 heavy (non-hydrogen) atoms. The predicted octanol–water partition coefficient (Wildman–Crippen LogP) is 13.7. The highest BCUT2D eigenvalue weighted by atomic mass is 32.2. The van der Waals surface area contributed by atoms with Crippen LogP contribution in [0.5, 0.6) is 23.0 Å². The van der Waals surface area contributed by atoms with Gasteiger partial charge in [-0.3, -0.25) is 28.8 Å². The summed E-state index contributed by atoms with van der Waals surface area (Å²) < 4.78 is 105. The molecule has 1 atom stereocenters. The van der Waals surface area contributed by atoms with Gasteiger partial charge in [-0.05, 0) is 201 Å². The normalized spacial score (nSPS) is 16.1. The number of amides is 1. The average molecular weight is 1490 g/mol. The fraction of sp³-hybridized carbons (Fsp3) is 0.349. The number of rotatable bonds is 38. The molecule has 0 radical (unpaired) electrons. The van der Waals surface area contributed by atoms with Crippen LogP contribution in [0.4, 0.5) is 23.0 Å². The maximum Gasteiger partial charge on any atom is 0.264 e. The smallest absolute Gasteiger partial charge is 0.264 e. The van der Waals surface area contributed by atoms with Gasteiger partial charge >= 0.3 is 0 Å². The number of hydrogen-bond acceptors (Lipinski definition) is 18. The lowest BCUT2D eigenvalue weighted by atomic mass is 9.80. The Bertz CT molecular complexity index is 4640. The molecule has 22 nitrogen and oxygen atoms in total. The highest BCUT2D eigenvalue weighted by Gasteiger charge is 2.45. The number of nitrogens with zero attached hydrogens (tertiary/aromatic N) is 8. The minimum atomic E-state index is -4.14. The van der Waals surface area contributed by atoms with Gasteiger partial charge in [0.25, 0.3) is 26.1 Å². The van der Waals surface area contributed by atoms with E-state index >= 15 is 0 Å². The van der Waals surface area contributed by atoms with Crippen LogP contribution in [-0.4, -0.2) is 151 Å². The number of carbonyl (C=O) groups excluding carboxylic acids is 1. The zero-order valence-corrected chi connectivity index (χ0v) is 63.3. The van der Waals surface area contributed by atoms with Crippen LogP contribution in [0.15, 0.2) is 224 Å². The number of hydrogen-bond donors (Lipinski definition) is 3. The number of unbranched alkanes of at least 4 members (excludes halogenated alkanes) is 2. The third-order valence-corrected chi connectivity index (χ3v) is 20.8. The fourth-order valence-corrected chi connectivity index (χ4v) is 15.0. The zero-order chi connectivity index (χ0) is 75.4. The molecule has 0 saturated carbocycles. The highest BCUT2D eigenvalue weighted by Crippen LogP contribution is 2.50. The van der Waals surface area contributed by atoms with Crippen LogP contribution in [0.25, 0.3) is 0 Å². The third kappa shape index (κ3) is 21.5. The lowest BCUT2D eigenvalue weighted by molar-refractivity contribution is -0.438. The van der Waals surface area contributed by atoms with Gasteiger partial charge in [0.2, 0.25) is 5.69 Å². The van der Waals surface area contributed by atoms with Crippen LogP contribution in [0.1, 0.15) is 110 Å². The van der Waals surface area contributed by atoms with Crippen molar-refractivity contribution in [3.05, 3.63) is 263 Å². The minimum absolute atomic E-state index is 0.259. The summed E-state index contributed by atoms with van der Waals surface area (Å²) in [6.07, 6.45) is 20.2. The Balaban J connectivity index is 0.741. The van der Waals surface area contributed by atoms with Gasteiger partial charge in [-0.15, -0.1) is 0 Å². The largest absolute Gasteiger partial charge is 0.497 e. The second-order valence-corrected chi connectivity index (χ2v) is 30.8. The lowest BCUT2D eigenvalue weighted by Crippen LogP contribution is -2.29. The van der Waals surface area contributed by atoms with Crippen molar-refractivity contribution in [1.29, 1.82) is 0 Å². The summed E-state index contributed by atoms with van der Waals surface area (Å²) in [6, 6.07) is 48.9. The number of benzene rings is 4. The standard InChI is InChI=1S/C83H95N9O13S2/c1-82(2)72-55-69(100-5)32-34-74(72)90(43-15-17-50-106(94,95)96)76(82)36-28-63-20-19-21-64(29-37-77-83(3,4)73-56-70(101-6)33-35-75(73)91(77)44-16-18-51-107(97,98)99)80(63)105-68-30-26-65(27-31-68)81(93)88-42-45-102-46-47-103-48-49-104-71-53-61(57-89(59-66-22-7-11-38-84-66)60-67-23-8-12-39-85-67)52-62(54-71)58-92(78-24-9-13-40-86-78)79-25-10-14-41-87-79/h7-14,20,22-41,52-56,80H,15-19,21,42-51,57-60H2,1-6H3,(H2-,88,93,94,95,96,97,98,99)/p+1/b36-28+,64-29-,77-37+. The van der Waals surface area contributed by atoms with Crippen LogP contribution in [-0.2, 0) is 66.7 Å². The van der Waals surface area contributed by atoms with Crippen LogP contribution < -0.4 is 34.1 Å². The monoisotopic (exact) mass is 1490 g/mol. The minimum Gasteiger partial charge on any atom is -0.497 e. The topological polar surface area (TPSA) is 258 Å². The number of methoxy groups -OCH3 is 2. The summed E-state index contributed by atoms with van der Waals surface area (Å²) in [4.78, 5) is 39.0. The molecular weight excluding hydrogens is 1400 g/mol. The third-order valence-electron chi connectivity index (χ3n) is 19.2. The molecule has 1 unspecified atom stereocenters. The Morgan fingerprint density at radius 2 is 1.20 bits per heavy atom. The molecule has 0 fully saturated rings. The molecule has 1 amide bonds. The van der Waals surface area contributed by atoms with E-state index in [9.17, 15) is 30.7 Å². The molecule has 562 valence electrons. The van der Waals surface area contributed by atoms with E-state index in [1.54, 1.807) is 50.9 Å². The first-order valence-electron chi connectivity index (χ1n) is 36.2. The summed E-state index contributed by atoms with van der Waals surface area (Å²) in [5, 5.41) is 2.98. The van der Waals surface area contributed by atoms with Gasteiger partial charge in [0.05, 0.1) is 75.5 Å². The summed E-state index contributed by atoms with van der Waals surface area (Å²) in [5.74, 6) is 3.24. The SMILES string of the molecule is COc1ccc2c(c1)C(C)(C)C(/C=C/C1=CCC/C(=C/C=C3/N(CCCCS(=O)(=O)O)c4ccc(OC)cc4C3(C)C)C1Oc1ccc(C(=O)NCCOCCOCCOc3cc(CN(Cc4ccccn4)Cc4ccccn4)cc(CN(c4ccccn4)c4ccccn4)c3)cc1)=[N+]2CCCCS(=O)(=O)O. The van der Waals surface area contributed by atoms with Crippen LogP contribution >= 0.6 is 0 Å². The lowest BCUT2D eigenvalue weighted by Gasteiger charge is -2.29. The molecule has 6 heterocycles. The van der Waals surface area contributed by atoms with E-state index in [0.717, 1.165) is 79.2 Å². The number of aromatic nitrogens is 4. The van der Waals surface area contributed by atoms with E-state index in [-0.39, 0.29) is 50.0 Å². The van der Waals surface area contributed by atoms with E-state index in [4.69, 9.17) is 38.4 Å². The average Bonchev–Trinajstić information content (AvgIpc) is 1.60. The maximum absolute atomic E-state index is 13.7. The Morgan fingerprint density at radius 1 is 0.607 bits per heavy atom. The van der Waals surface area contributed by atoms with Crippen LogP contribution in [0.2, 0.25) is 0 Å². The first kappa shape index (κ1) is 78.2. The van der Waals surface area contributed by atoms with Crippen molar-refractivity contribution < 1.29 is 63.7 Å². The van der Waals surface area contributed by atoms with Gasteiger partial charge in [-0.1, -0.05) is 56.3 Å². The molecule has 0 saturated heterocycles. The van der Waals surface area contributed by atoms with Gasteiger partial charge in [0.1, 0.15) is 53.9 Å². The molecule has 11 rings (SSSR count). The molecule has 8 aromatic rings. The second-order valence-electron chi connectivity index (χ2n) is 27.6. The van der Waals surface area contributed by atoms with Gasteiger partial charge in [-0.25, -0.2) is 9.97 Å². The summed E-state index contributed by atoms with van der Waals surface area (Å²) in [7, 11) is -5.00. The van der Waals surface area contributed by atoms with Crippen molar-refractivity contribution in [3.63, 3.8) is 0 Å². The second kappa shape index (κ2) is 36.6. The van der Waals surface area contributed by atoms with Crippen molar-refractivity contribution in [2.45, 2.75) is 109 Å². The number of anilines is 3. The fourth-order valence-electron chi connectivity index (χ4n) is 13.9. The molecular formula is C83H96N9O13S2+. The van der Waals surface area contributed by atoms with Crippen molar-refractivity contribution in [1.82, 2.24) is 30.2 Å². The Kier molecular flexibility index (Phi) is 26.7. The number of ether oxygens (including phenoxy) is 6. The highest BCUT2D eigenvalue weighted by molar-refractivity contribution is 7.86. The zero-order valence-electron chi connectivity index (χ0n) is 61.6. The van der Waals surface area contributed by atoms with Gasteiger partial charge in [0.15, 0.2) is 5.71 Å². The van der Waals surface area contributed by atoms with Crippen molar-refractivity contribution in [3.8, 4) is 23.0 Å². The molecule has 4 aromatic heterocycles. The van der Waals surface area contributed by atoms with Crippen LogP contribution in [0, 0.1) is 0 Å². The molecule has 0 spiro atoms. The number of pyridine rings is 4. The molecule has 4 aromatic carbocycles. The van der Waals surface area contributed by atoms with Gasteiger partial charge < -0.3 is 43.5 Å². The number of carbonyl (C=O) groups is 1. The molecule has 2 aliphatic heterocycles. The quantitative estimate of drug-likeness (QED) is 0.0185. The van der Waals surface area contributed by atoms with E-state index in [0.29, 0.717) is 113 Å². The Labute approximate surface area is 628 Å². The molecule has 24 heteroatoms. The maximum atomic E-state index is 13.7. The van der Waals surface area contributed by atoms with E-state index in [1.807, 2.05) is 128 Å². The summed E-state index contributed by atoms with van der Waals surface area (Å²) in [6.45, 7) is 13.6. The molecule has 3 N–H and O–H groups in total. The Morgan fingerprint density at radius 3 is 1.81 bits per heavy atom.